The molecule has 0 spiro atoms. The molecule has 1 heterocycles. The molecule has 3 rings (SSSR count). The number of carbonyl (C=O) groups excluding carboxylic acids is 1. The highest BCUT2D eigenvalue weighted by molar-refractivity contribution is 7.62. The van der Waals surface area contributed by atoms with Gasteiger partial charge in [0.1, 0.15) is 5.69 Å². The van der Waals surface area contributed by atoms with Crippen LogP contribution in [0.5, 0.6) is 0 Å². The maximum Gasteiger partial charge on any atom is 0.379 e. The number of ketones is 1. The normalized spacial score (nSPS) is 11.5. The van der Waals surface area contributed by atoms with Crippen molar-refractivity contribution < 1.29 is 18.4 Å². The van der Waals surface area contributed by atoms with Crippen molar-refractivity contribution in [2.45, 2.75) is 13.8 Å². The number of H-pyrrole nitrogens is 1. The first-order chi connectivity index (χ1) is 13.5. The van der Waals surface area contributed by atoms with Crippen molar-refractivity contribution in [3.05, 3.63) is 70.9 Å². The predicted molar refractivity (Wildman–Crippen MR) is 109 cm³/mol. The van der Waals surface area contributed by atoms with Crippen LogP contribution in [-0.2, 0) is 13.6 Å². The van der Waals surface area contributed by atoms with Gasteiger partial charge in [-0.25, -0.2) is 0 Å². The lowest BCUT2D eigenvalue weighted by Crippen LogP contribution is -2.15. The van der Waals surface area contributed by atoms with Crippen molar-refractivity contribution in [3.63, 3.8) is 0 Å². The first kappa shape index (κ1) is 20.5. The van der Waals surface area contributed by atoms with E-state index in [1.54, 1.807) is 62.4 Å². The van der Waals surface area contributed by atoms with E-state index in [1.807, 2.05) is 6.07 Å². The zero-order valence-electron chi connectivity index (χ0n) is 15.5. The van der Waals surface area contributed by atoms with Crippen LogP contribution < -0.4 is 5.44 Å². The fourth-order valence-electron chi connectivity index (χ4n) is 2.82. The predicted octanol–water partition coefficient (Wildman–Crippen LogP) is 4.85. The standard InChI is InChI=1S/C20H20ClN2O4P/c1-3-26-28(25,27-4-2)20-17(14-10-12-16(21)13-11-14)18(22-23-20)19(24)15-8-6-5-7-9-15/h5-13H,3-4H2,1-2H3,(H,22,23). The first-order valence-electron chi connectivity index (χ1n) is 8.84. The third-order valence-corrected chi connectivity index (χ3v) is 6.32. The number of carbonyl (C=O) groups is 1. The highest BCUT2D eigenvalue weighted by atomic mass is 35.5. The Morgan fingerprint density at radius 2 is 1.64 bits per heavy atom. The molecule has 0 unspecified atom stereocenters. The maximum absolute atomic E-state index is 13.4. The van der Waals surface area contributed by atoms with Crippen LogP contribution in [0.1, 0.15) is 29.9 Å². The third-order valence-electron chi connectivity index (χ3n) is 4.00. The van der Waals surface area contributed by atoms with Gasteiger partial charge < -0.3 is 9.05 Å². The van der Waals surface area contributed by atoms with Crippen molar-refractivity contribution in [1.29, 1.82) is 0 Å². The Bertz CT molecular complexity index is 993. The summed E-state index contributed by atoms with van der Waals surface area (Å²) >= 11 is 6.01. The molecule has 2 aromatic carbocycles. The van der Waals surface area contributed by atoms with Gasteiger partial charge in [0, 0.05) is 16.1 Å². The summed E-state index contributed by atoms with van der Waals surface area (Å²) in [7, 11) is -3.70. The zero-order chi connectivity index (χ0) is 20.1. The lowest BCUT2D eigenvalue weighted by Gasteiger charge is -2.17. The second kappa shape index (κ2) is 8.84. The number of aromatic nitrogens is 2. The first-order valence-corrected chi connectivity index (χ1v) is 10.8. The van der Waals surface area contributed by atoms with Gasteiger partial charge in [0.05, 0.1) is 13.2 Å². The monoisotopic (exact) mass is 418 g/mol. The van der Waals surface area contributed by atoms with Crippen LogP contribution in [0.15, 0.2) is 54.6 Å². The smallest absolute Gasteiger partial charge is 0.304 e. The molecule has 0 aliphatic carbocycles. The molecular formula is C20H20ClN2O4P. The van der Waals surface area contributed by atoms with Crippen molar-refractivity contribution in [1.82, 2.24) is 10.2 Å². The molecule has 1 aromatic heterocycles. The number of hydrogen-bond acceptors (Lipinski definition) is 5. The molecule has 0 aliphatic heterocycles. The summed E-state index contributed by atoms with van der Waals surface area (Å²) in [6.45, 7) is 3.80. The molecule has 146 valence electrons. The fourth-order valence-corrected chi connectivity index (χ4v) is 4.64. The van der Waals surface area contributed by atoms with Crippen molar-refractivity contribution >= 4 is 30.4 Å². The minimum Gasteiger partial charge on any atom is -0.304 e. The molecule has 3 aromatic rings. The van der Waals surface area contributed by atoms with E-state index in [4.69, 9.17) is 20.6 Å². The SMILES string of the molecule is CCOP(=O)(OCC)c1[nH]nc(C(=O)c2ccccc2)c1-c1ccc(Cl)cc1. The number of aromatic amines is 1. The van der Waals surface area contributed by atoms with Crippen molar-refractivity contribution in [2.75, 3.05) is 13.2 Å². The molecule has 8 heteroatoms. The lowest BCUT2D eigenvalue weighted by molar-refractivity contribution is 0.103. The number of rotatable bonds is 8. The van der Waals surface area contributed by atoms with E-state index in [1.165, 1.54) is 0 Å². The van der Waals surface area contributed by atoms with Crippen LogP contribution in [-0.4, -0.2) is 29.2 Å². The van der Waals surface area contributed by atoms with Gasteiger partial charge in [0.25, 0.3) is 0 Å². The highest BCUT2D eigenvalue weighted by Gasteiger charge is 2.36. The molecule has 6 nitrogen and oxygen atoms in total. The van der Waals surface area contributed by atoms with Crippen LogP contribution in [0.4, 0.5) is 0 Å². The molecule has 0 amide bonds. The summed E-state index contributed by atoms with van der Waals surface area (Å²) in [6, 6.07) is 15.6. The van der Waals surface area contributed by atoms with Gasteiger partial charge in [-0.3, -0.25) is 14.5 Å². The minimum atomic E-state index is -3.70. The second-order valence-corrected chi connectivity index (χ2v) is 8.23. The summed E-state index contributed by atoms with van der Waals surface area (Å²) in [6.07, 6.45) is 0. The van der Waals surface area contributed by atoms with E-state index in [2.05, 4.69) is 10.2 Å². The van der Waals surface area contributed by atoms with Gasteiger partial charge in [-0.1, -0.05) is 54.1 Å². The Balaban J connectivity index is 2.21. The Hall–Kier alpha value is -2.24. The Labute approximate surface area is 168 Å². The Morgan fingerprint density at radius 3 is 2.21 bits per heavy atom. The second-order valence-electron chi connectivity index (χ2n) is 5.83. The van der Waals surface area contributed by atoms with Gasteiger partial charge >= 0.3 is 7.60 Å². The molecule has 0 bridgehead atoms. The van der Waals surface area contributed by atoms with E-state index in [0.29, 0.717) is 21.7 Å². The van der Waals surface area contributed by atoms with Crippen LogP contribution in [0.25, 0.3) is 11.1 Å². The maximum atomic E-state index is 13.4. The average Bonchev–Trinajstić information content (AvgIpc) is 3.15. The fraction of sp³-hybridized carbons (Fsp3) is 0.200. The number of halogens is 1. The number of nitrogens with zero attached hydrogens (tertiary/aromatic N) is 1. The molecule has 0 atom stereocenters. The van der Waals surface area contributed by atoms with Crippen LogP contribution in [0.3, 0.4) is 0 Å². The van der Waals surface area contributed by atoms with E-state index in [0.717, 1.165) is 0 Å². The van der Waals surface area contributed by atoms with Crippen molar-refractivity contribution in [2.24, 2.45) is 0 Å². The van der Waals surface area contributed by atoms with Gasteiger partial charge in [-0.15, -0.1) is 0 Å². The average molecular weight is 419 g/mol. The summed E-state index contributed by atoms with van der Waals surface area (Å²) in [5, 5.41) is 7.46. The number of hydrogen-bond donors (Lipinski definition) is 1. The topological polar surface area (TPSA) is 81.3 Å². The number of nitrogens with one attached hydrogen (secondary N) is 1. The summed E-state index contributed by atoms with van der Waals surface area (Å²) in [5.41, 5.74) is 1.78. The third kappa shape index (κ3) is 4.10. The van der Waals surface area contributed by atoms with Gasteiger partial charge in [0.2, 0.25) is 5.78 Å². The van der Waals surface area contributed by atoms with Crippen LogP contribution >= 0.6 is 19.2 Å². The molecule has 28 heavy (non-hydrogen) atoms. The summed E-state index contributed by atoms with van der Waals surface area (Å²) < 4.78 is 24.3. The molecule has 0 aliphatic rings. The molecule has 0 fully saturated rings. The van der Waals surface area contributed by atoms with Gasteiger partial charge in [0.15, 0.2) is 5.44 Å². The Kier molecular flexibility index (Phi) is 6.47. The van der Waals surface area contributed by atoms with Crippen molar-refractivity contribution in [3.8, 4) is 11.1 Å². The molecule has 1 N–H and O–H groups in total. The summed E-state index contributed by atoms with van der Waals surface area (Å²) in [4.78, 5) is 13.1. The Morgan fingerprint density at radius 1 is 1.04 bits per heavy atom. The zero-order valence-corrected chi connectivity index (χ0v) is 17.2. The number of benzene rings is 2. The van der Waals surface area contributed by atoms with E-state index < -0.39 is 7.60 Å². The minimum absolute atomic E-state index is 0.142. The molecular weight excluding hydrogens is 399 g/mol. The van der Waals surface area contributed by atoms with Crippen LogP contribution in [0, 0.1) is 0 Å². The molecule has 0 saturated carbocycles. The quantitative estimate of drug-likeness (QED) is 0.417. The van der Waals surface area contributed by atoms with Gasteiger partial charge in [-0.2, -0.15) is 5.10 Å². The van der Waals surface area contributed by atoms with E-state index in [9.17, 15) is 9.36 Å². The lowest BCUT2D eigenvalue weighted by atomic mass is 10.0. The highest BCUT2D eigenvalue weighted by Crippen LogP contribution is 2.49. The van der Waals surface area contributed by atoms with Crippen LogP contribution in [0.2, 0.25) is 5.02 Å². The molecule has 0 saturated heterocycles. The van der Waals surface area contributed by atoms with Gasteiger partial charge in [-0.05, 0) is 31.5 Å². The van der Waals surface area contributed by atoms with E-state index >= 15 is 0 Å². The summed E-state index contributed by atoms with van der Waals surface area (Å²) in [5.74, 6) is -0.299. The van der Waals surface area contributed by atoms with E-state index in [-0.39, 0.29) is 30.1 Å². The molecule has 0 radical (unpaired) electrons. The largest absolute Gasteiger partial charge is 0.379 e.